The number of anilines is 1. The van der Waals surface area contributed by atoms with Crippen molar-refractivity contribution in [3.05, 3.63) is 53.8 Å². The van der Waals surface area contributed by atoms with E-state index >= 15 is 0 Å². The van der Waals surface area contributed by atoms with Crippen molar-refractivity contribution in [2.75, 3.05) is 24.9 Å². The molecule has 2 heterocycles. The highest BCUT2D eigenvalue weighted by Crippen LogP contribution is 2.33. The number of amides is 2. The lowest BCUT2D eigenvalue weighted by Crippen LogP contribution is -2.54. The summed E-state index contributed by atoms with van der Waals surface area (Å²) in [6.45, 7) is -1.43. The van der Waals surface area contributed by atoms with Gasteiger partial charge in [-0.25, -0.2) is 12.8 Å². The van der Waals surface area contributed by atoms with E-state index in [-0.39, 0.29) is 34.9 Å². The summed E-state index contributed by atoms with van der Waals surface area (Å²) in [7, 11) is -2.49. The molecule has 9 nitrogen and oxygen atoms in total. The van der Waals surface area contributed by atoms with Gasteiger partial charge in [-0.05, 0) is 55.3 Å². The Morgan fingerprint density at radius 1 is 1.13 bits per heavy atom. The van der Waals surface area contributed by atoms with Crippen LogP contribution in [0.1, 0.15) is 29.6 Å². The van der Waals surface area contributed by atoms with Crippen molar-refractivity contribution < 1.29 is 45.0 Å². The van der Waals surface area contributed by atoms with Crippen LogP contribution in [0.3, 0.4) is 0 Å². The lowest BCUT2D eigenvalue weighted by Gasteiger charge is -2.42. The van der Waals surface area contributed by atoms with Crippen LogP contribution < -0.4 is 14.8 Å². The van der Waals surface area contributed by atoms with Crippen molar-refractivity contribution >= 4 is 27.5 Å². The number of nitrogens with zero attached hydrogens (tertiary/aromatic N) is 1. The predicted molar refractivity (Wildman–Crippen MR) is 127 cm³/mol. The van der Waals surface area contributed by atoms with Gasteiger partial charge in [0.2, 0.25) is 5.91 Å². The monoisotopic (exact) mass is 559 g/mol. The molecule has 1 saturated heterocycles. The van der Waals surface area contributed by atoms with E-state index in [1.165, 1.54) is 23.1 Å². The zero-order valence-corrected chi connectivity index (χ0v) is 20.9. The second-order valence-electron chi connectivity index (χ2n) is 9.03. The van der Waals surface area contributed by atoms with E-state index in [9.17, 15) is 35.6 Å². The first kappa shape index (κ1) is 27.6. The van der Waals surface area contributed by atoms with Gasteiger partial charge in [0.05, 0.1) is 29.0 Å². The molecule has 206 valence electrons. The number of nitrogens with one attached hydrogen (secondary N) is 2. The number of fused-ring (bicyclic) bond motifs is 2. The molecule has 2 N–H and O–H groups in total. The standard InChI is InChI=1S/C24H25F4N3O6S/c1-31-19-8-5-16(11-22(32)29-13-24(26,27)28)37-21(19)12-36-20-9-4-15(10-18(20)23(31)33)30-38(34,35)17-6-2-14(25)3-7-17/h2-4,6-7,9-10,16,19,21,30H,5,8,11-13H2,1H3,(H,29,32)/t16-,19-,21-/m0/s1. The van der Waals surface area contributed by atoms with Gasteiger partial charge in [0.15, 0.2) is 0 Å². The van der Waals surface area contributed by atoms with Crippen LogP contribution in [0.2, 0.25) is 0 Å². The molecule has 0 spiro atoms. The van der Waals surface area contributed by atoms with Crippen LogP contribution >= 0.6 is 0 Å². The van der Waals surface area contributed by atoms with Crippen LogP contribution in [0.4, 0.5) is 23.2 Å². The number of alkyl halides is 3. The van der Waals surface area contributed by atoms with Crippen molar-refractivity contribution in [1.82, 2.24) is 10.2 Å². The van der Waals surface area contributed by atoms with Crippen molar-refractivity contribution in [1.29, 1.82) is 0 Å². The average Bonchev–Trinajstić information content (AvgIpc) is 2.85. The normalized spacial score (nSPS) is 21.9. The Morgan fingerprint density at radius 3 is 2.53 bits per heavy atom. The Bertz CT molecular complexity index is 1300. The van der Waals surface area contributed by atoms with E-state index < -0.39 is 58.6 Å². The minimum absolute atomic E-state index is 0.00336. The van der Waals surface area contributed by atoms with E-state index in [0.29, 0.717) is 12.8 Å². The zero-order valence-electron chi connectivity index (χ0n) is 20.1. The zero-order chi connectivity index (χ0) is 27.7. The Labute approximate surface area is 216 Å². The number of carbonyl (C=O) groups is 2. The number of carbonyl (C=O) groups excluding carboxylic acids is 2. The van der Waals surface area contributed by atoms with Gasteiger partial charge in [-0.2, -0.15) is 13.2 Å². The van der Waals surface area contributed by atoms with Crippen LogP contribution in [0, 0.1) is 5.82 Å². The lowest BCUT2D eigenvalue weighted by atomic mass is 9.94. The SMILES string of the molecule is CN1C(=O)c2cc(NS(=O)(=O)c3ccc(F)cc3)ccc2OC[C@@H]2O[C@H](CC(=O)NCC(F)(F)F)CC[C@@H]21. The molecular weight excluding hydrogens is 534 g/mol. The smallest absolute Gasteiger partial charge is 0.405 e. The van der Waals surface area contributed by atoms with Gasteiger partial charge < -0.3 is 19.7 Å². The minimum atomic E-state index is -4.52. The number of rotatable bonds is 6. The van der Waals surface area contributed by atoms with Crippen LogP contribution in [0.25, 0.3) is 0 Å². The van der Waals surface area contributed by atoms with Crippen LogP contribution in [-0.2, 0) is 19.6 Å². The first-order chi connectivity index (χ1) is 17.8. The Morgan fingerprint density at radius 2 is 1.84 bits per heavy atom. The van der Waals surface area contributed by atoms with E-state index in [2.05, 4.69) is 4.72 Å². The number of sulfonamides is 1. The maximum atomic E-state index is 13.3. The van der Waals surface area contributed by atoms with Gasteiger partial charge in [-0.15, -0.1) is 0 Å². The number of likely N-dealkylation sites (N-methyl/N-ethyl adjacent to an activating group) is 1. The van der Waals surface area contributed by atoms with Gasteiger partial charge in [0.25, 0.3) is 15.9 Å². The molecule has 2 aliphatic rings. The van der Waals surface area contributed by atoms with Crippen LogP contribution in [-0.4, -0.2) is 69.8 Å². The molecule has 2 aromatic carbocycles. The number of ether oxygens (including phenoxy) is 2. The third-order valence-corrected chi connectivity index (χ3v) is 7.68. The highest BCUT2D eigenvalue weighted by molar-refractivity contribution is 7.92. The second-order valence-corrected chi connectivity index (χ2v) is 10.7. The number of halogens is 4. The summed E-state index contributed by atoms with van der Waals surface area (Å²) in [5.41, 5.74) is 0.208. The molecule has 0 unspecified atom stereocenters. The molecule has 1 fully saturated rings. The Hall–Kier alpha value is -3.39. The van der Waals surface area contributed by atoms with E-state index in [0.717, 1.165) is 24.3 Å². The van der Waals surface area contributed by atoms with Gasteiger partial charge in [-0.3, -0.25) is 14.3 Å². The van der Waals surface area contributed by atoms with E-state index in [1.807, 2.05) is 5.32 Å². The third-order valence-electron chi connectivity index (χ3n) is 6.29. The topological polar surface area (TPSA) is 114 Å². The fourth-order valence-corrected chi connectivity index (χ4v) is 5.45. The van der Waals surface area contributed by atoms with Gasteiger partial charge in [0.1, 0.15) is 30.8 Å². The number of hydrogen-bond donors (Lipinski definition) is 2. The summed E-state index contributed by atoms with van der Waals surface area (Å²) in [5, 5.41) is 1.82. The second kappa shape index (κ2) is 10.8. The van der Waals surface area contributed by atoms with Crippen LogP contribution in [0.15, 0.2) is 47.4 Å². The molecule has 0 aliphatic carbocycles. The number of hydrogen-bond acceptors (Lipinski definition) is 6. The summed E-state index contributed by atoms with van der Waals surface area (Å²) < 4.78 is 89.7. The molecule has 2 aromatic rings. The molecule has 0 aromatic heterocycles. The number of benzene rings is 2. The summed E-state index contributed by atoms with van der Waals surface area (Å²) in [6, 6.07) is 7.99. The molecule has 0 bridgehead atoms. The molecule has 38 heavy (non-hydrogen) atoms. The van der Waals surface area contributed by atoms with Crippen molar-refractivity contribution in [3.63, 3.8) is 0 Å². The van der Waals surface area contributed by atoms with E-state index in [1.54, 1.807) is 7.05 Å². The summed E-state index contributed by atoms with van der Waals surface area (Å²) in [5.74, 6) is -1.65. The molecule has 4 rings (SSSR count). The van der Waals surface area contributed by atoms with Crippen molar-refractivity contribution in [3.8, 4) is 5.75 Å². The Balaban J connectivity index is 1.46. The maximum Gasteiger partial charge on any atom is 0.405 e. The largest absolute Gasteiger partial charge is 0.490 e. The molecule has 2 amide bonds. The predicted octanol–water partition coefficient (Wildman–Crippen LogP) is 3.08. The molecule has 2 aliphatic heterocycles. The first-order valence-corrected chi connectivity index (χ1v) is 13.1. The molecule has 3 atom stereocenters. The molecular formula is C24H25F4N3O6S. The highest BCUT2D eigenvalue weighted by atomic mass is 32.2. The maximum absolute atomic E-state index is 13.3. The summed E-state index contributed by atoms with van der Waals surface area (Å²) in [6.07, 6.45) is -5.30. The van der Waals surface area contributed by atoms with Gasteiger partial charge in [-0.1, -0.05) is 0 Å². The highest BCUT2D eigenvalue weighted by Gasteiger charge is 2.39. The van der Waals surface area contributed by atoms with Crippen LogP contribution in [0.5, 0.6) is 5.75 Å². The van der Waals surface area contributed by atoms with Gasteiger partial charge in [0, 0.05) is 12.7 Å². The van der Waals surface area contributed by atoms with Crippen molar-refractivity contribution in [2.45, 2.75) is 48.6 Å². The minimum Gasteiger partial charge on any atom is -0.490 e. The summed E-state index contributed by atoms with van der Waals surface area (Å²) in [4.78, 5) is 26.5. The Kier molecular flexibility index (Phi) is 7.83. The summed E-state index contributed by atoms with van der Waals surface area (Å²) >= 11 is 0. The fraction of sp³-hybridized carbons (Fsp3) is 0.417. The molecule has 0 saturated carbocycles. The van der Waals surface area contributed by atoms with E-state index in [4.69, 9.17) is 9.47 Å². The average molecular weight is 560 g/mol. The molecule has 0 radical (unpaired) electrons. The van der Waals surface area contributed by atoms with Crippen molar-refractivity contribution in [2.24, 2.45) is 0 Å². The molecule has 14 heteroatoms. The quantitative estimate of drug-likeness (QED) is 0.526. The van der Waals surface area contributed by atoms with Gasteiger partial charge >= 0.3 is 6.18 Å². The lowest BCUT2D eigenvalue weighted by molar-refractivity contribution is -0.144. The first-order valence-electron chi connectivity index (χ1n) is 11.6. The third kappa shape index (κ3) is 6.54. The fourth-order valence-electron chi connectivity index (χ4n) is 4.40.